The quantitative estimate of drug-likeness (QED) is 0.418. The molecule has 0 saturated carbocycles. The van der Waals surface area contributed by atoms with Crippen LogP contribution in [-0.2, 0) is 6.42 Å². The fourth-order valence-corrected chi connectivity index (χ4v) is 0.781. The first-order valence-corrected chi connectivity index (χ1v) is 3.08. The SMILES string of the molecule is C=CCc1ccccc1.[LiH]. The molecule has 1 heteroatoms. The van der Waals surface area contributed by atoms with Crippen molar-refractivity contribution in [3.63, 3.8) is 0 Å². The zero-order chi connectivity index (χ0) is 6.53. The third-order valence-corrected chi connectivity index (χ3v) is 1.22. The van der Waals surface area contributed by atoms with Gasteiger partial charge in [-0.05, 0) is 12.0 Å². The summed E-state index contributed by atoms with van der Waals surface area (Å²) in [4.78, 5) is 0. The van der Waals surface area contributed by atoms with E-state index in [0.29, 0.717) is 0 Å². The van der Waals surface area contributed by atoms with E-state index in [9.17, 15) is 0 Å². The standard InChI is InChI=1S/C9H10.Li.H/c1-2-6-9-7-4-3-5-8-9;;/h2-5,7-8H,1,6H2;;. The van der Waals surface area contributed by atoms with Crippen LogP contribution in [0, 0.1) is 0 Å². The molecule has 0 fully saturated rings. The van der Waals surface area contributed by atoms with Crippen molar-refractivity contribution >= 4 is 18.9 Å². The van der Waals surface area contributed by atoms with Gasteiger partial charge in [-0.15, -0.1) is 6.58 Å². The van der Waals surface area contributed by atoms with Crippen LogP contribution < -0.4 is 0 Å². The van der Waals surface area contributed by atoms with E-state index in [1.54, 1.807) is 0 Å². The fourth-order valence-electron chi connectivity index (χ4n) is 0.781. The normalized spacial score (nSPS) is 8.00. The number of hydrogen-bond acceptors (Lipinski definition) is 0. The van der Waals surface area contributed by atoms with Crippen molar-refractivity contribution in [3.8, 4) is 0 Å². The number of hydrogen-bond donors (Lipinski definition) is 0. The molecule has 48 valence electrons. The molecule has 0 spiro atoms. The van der Waals surface area contributed by atoms with Crippen molar-refractivity contribution in [2.45, 2.75) is 6.42 Å². The summed E-state index contributed by atoms with van der Waals surface area (Å²) in [6, 6.07) is 10.3. The third kappa shape index (κ3) is 2.92. The van der Waals surface area contributed by atoms with Gasteiger partial charge in [0.25, 0.3) is 0 Å². The molecular weight excluding hydrogens is 115 g/mol. The van der Waals surface area contributed by atoms with Crippen molar-refractivity contribution in [1.82, 2.24) is 0 Å². The Labute approximate surface area is 74.1 Å². The van der Waals surface area contributed by atoms with Gasteiger partial charge >= 0.3 is 18.9 Å². The first-order valence-electron chi connectivity index (χ1n) is 3.08. The van der Waals surface area contributed by atoms with Crippen molar-refractivity contribution in [3.05, 3.63) is 48.6 Å². The van der Waals surface area contributed by atoms with E-state index in [4.69, 9.17) is 0 Å². The molecule has 0 aliphatic carbocycles. The molecule has 0 unspecified atom stereocenters. The van der Waals surface area contributed by atoms with Crippen LogP contribution in [0.5, 0.6) is 0 Å². The van der Waals surface area contributed by atoms with Gasteiger partial charge in [0.05, 0.1) is 0 Å². The van der Waals surface area contributed by atoms with Gasteiger partial charge in [0.1, 0.15) is 0 Å². The molecule has 0 aliphatic heterocycles. The summed E-state index contributed by atoms with van der Waals surface area (Å²) in [5.41, 5.74) is 1.33. The summed E-state index contributed by atoms with van der Waals surface area (Å²) in [5, 5.41) is 0. The number of benzene rings is 1. The Morgan fingerprint density at radius 1 is 1.20 bits per heavy atom. The number of allylic oxidation sites excluding steroid dienone is 1. The molecule has 0 bridgehead atoms. The first kappa shape index (κ1) is 9.56. The van der Waals surface area contributed by atoms with Crippen molar-refractivity contribution in [2.75, 3.05) is 0 Å². The predicted molar refractivity (Wildman–Crippen MR) is 47.5 cm³/mol. The van der Waals surface area contributed by atoms with E-state index in [1.165, 1.54) is 5.56 Å². The van der Waals surface area contributed by atoms with Gasteiger partial charge in [0, 0.05) is 0 Å². The van der Waals surface area contributed by atoms with Gasteiger partial charge in [-0.1, -0.05) is 36.4 Å². The summed E-state index contributed by atoms with van der Waals surface area (Å²) in [7, 11) is 0. The molecule has 0 aliphatic rings. The molecule has 1 rings (SSSR count). The van der Waals surface area contributed by atoms with E-state index in [2.05, 4.69) is 18.7 Å². The van der Waals surface area contributed by atoms with E-state index in [1.807, 2.05) is 24.3 Å². The topological polar surface area (TPSA) is 0 Å². The summed E-state index contributed by atoms with van der Waals surface area (Å²) in [6.07, 6.45) is 2.89. The van der Waals surface area contributed by atoms with Gasteiger partial charge in [0.2, 0.25) is 0 Å². The average Bonchev–Trinajstić information content (AvgIpc) is 1.91. The van der Waals surface area contributed by atoms with Crippen LogP contribution in [0.25, 0.3) is 0 Å². The summed E-state index contributed by atoms with van der Waals surface area (Å²) in [5.74, 6) is 0. The maximum atomic E-state index is 3.66. The van der Waals surface area contributed by atoms with E-state index >= 15 is 0 Å². The molecule has 0 aromatic heterocycles. The predicted octanol–water partition coefficient (Wildman–Crippen LogP) is 1.77. The second-order valence-corrected chi connectivity index (χ2v) is 1.98. The van der Waals surface area contributed by atoms with Gasteiger partial charge in [-0.25, -0.2) is 0 Å². The summed E-state index contributed by atoms with van der Waals surface area (Å²) in [6.45, 7) is 3.66. The Morgan fingerprint density at radius 3 is 2.30 bits per heavy atom. The van der Waals surface area contributed by atoms with Gasteiger partial charge in [0.15, 0.2) is 0 Å². The second-order valence-electron chi connectivity index (χ2n) is 1.98. The number of rotatable bonds is 2. The minimum absolute atomic E-state index is 0. The third-order valence-electron chi connectivity index (χ3n) is 1.22. The van der Waals surface area contributed by atoms with Crippen LogP contribution >= 0.6 is 0 Å². The fraction of sp³-hybridized carbons (Fsp3) is 0.111. The Balaban J connectivity index is 0.000000810. The molecule has 0 nitrogen and oxygen atoms in total. The van der Waals surface area contributed by atoms with Gasteiger partial charge < -0.3 is 0 Å². The molecule has 0 heterocycles. The Bertz CT molecular complexity index is 179. The molecule has 1 aromatic carbocycles. The van der Waals surface area contributed by atoms with Gasteiger partial charge in [-0.2, -0.15) is 0 Å². The second kappa shape index (κ2) is 5.35. The first-order chi connectivity index (χ1) is 4.43. The monoisotopic (exact) mass is 126 g/mol. The molecule has 0 N–H and O–H groups in total. The zero-order valence-electron chi connectivity index (χ0n) is 5.38. The minimum atomic E-state index is 0. The van der Waals surface area contributed by atoms with Crippen molar-refractivity contribution in [1.29, 1.82) is 0 Å². The van der Waals surface area contributed by atoms with Crippen LogP contribution in [0.2, 0.25) is 0 Å². The van der Waals surface area contributed by atoms with Crippen LogP contribution in [0.3, 0.4) is 0 Å². The Morgan fingerprint density at radius 2 is 1.80 bits per heavy atom. The van der Waals surface area contributed by atoms with E-state index < -0.39 is 0 Å². The summed E-state index contributed by atoms with van der Waals surface area (Å²) >= 11 is 0. The molecule has 0 amide bonds. The van der Waals surface area contributed by atoms with Crippen molar-refractivity contribution in [2.24, 2.45) is 0 Å². The Kier molecular flexibility index (Phi) is 5.11. The molecule has 10 heavy (non-hydrogen) atoms. The molecule has 0 atom stereocenters. The van der Waals surface area contributed by atoms with Crippen LogP contribution in [0.1, 0.15) is 5.56 Å². The van der Waals surface area contributed by atoms with Crippen LogP contribution in [0.4, 0.5) is 0 Å². The Hall–Kier alpha value is -0.443. The molecule has 0 saturated heterocycles. The van der Waals surface area contributed by atoms with E-state index in [-0.39, 0.29) is 18.9 Å². The molecule has 0 radical (unpaired) electrons. The zero-order valence-corrected chi connectivity index (χ0v) is 5.38. The maximum absolute atomic E-state index is 3.66. The van der Waals surface area contributed by atoms with E-state index in [0.717, 1.165) is 6.42 Å². The summed E-state index contributed by atoms with van der Waals surface area (Å²) < 4.78 is 0. The molecular formula is C9H11Li. The molecule has 1 aromatic rings. The van der Waals surface area contributed by atoms with Crippen molar-refractivity contribution < 1.29 is 0 Å². The average molecular weight is 126 g/mol. The van der Waals surface area contributed by atoms with Crippen LogP contribution in [-0.4, -0.2) is 18.9 Å². The van der Waals surface area contributed by atoms with Crippen LogP contribution in [0.15, 0.2) is 43.0 Å². The van der Waals surface area contributed by atoms with Gasteiger partial charge in [-0.3, -0.25) is 0 Å².